The Bertz CT molecular complexity index is 725. The van der Waals surface area contributed by atoms with Crippen LogP contribution < -0.4 is 8.85 Å². The van der Waals surface area contributed by atoms with Gasteiger partial charge in [-0.15, -0.1) is 0 Å². The first-order chi connectivity index (χ1) is 12.9. The summed E-state index contributed by atoms with van der Waals surface area (Å²) in [6, 6.07) is 5.96. The zero-order valence-corrected chi connectivity index (χ0v) is 22.4. The highest BCUT2D eigenvalue weighted by Gasteiger charge is 2.44. The summed E-state index contributed by atoms with van der Waals surface area (Å²) in [5.74, 6) is 1.59. The molecule has 0 spiro atoms. The van der Waals surface area contributed by atoms with Crippen molar-refractivity contribution >= 4 is 16.6 Å². The van der Waals surface area contributed by atoms with Gasteiger partial charge in [0.15, 0.2) is 0 Å². The van der Waals surface area contributed by atoms with E-state index in [0.29, 0.717) is 13.0 Å². The maximum atomic E-state index is 11.1. The van der Waals surface area contributed by atoms with Crippen LogP contribution in [0.15, 0.2) is 18.2 Å². The van der Waals surface area contributed by atoms with Crippen molar-refractivity contribution in [1.82, 2.24) is 0 Å². The Morgan fingerprint density at radius 3 is 1.93 bits per heavy atom. The average molecular weight is 439 g/mol. The second kappa shape index (κ2) is 7.70. The van der Waals surface area contributed by atoms with E-state index in [2.05, 4.69) is 67.7 Å². The summed E-state index contributed by atoms with van der Waals surface area (Å²) >= 11 is 0. The molecule has 1 aromatic rings. The summed E-state index contributed by atoms with van der Waals surface area (Å²) in [5, 5.41) is 11.3. The molecule has 1 fully saturated rings. The Balaban J connectivity index is 2.40. The van der Waals surface area contributed by atoms with Gasteiger partial charge >= 0.3 is 0 Å². The van der Waals surface area contributed by atoms with Gasteiger partial charge < -0.3 is 18.7 Å². The van der Waals surface area contributed by atoms with E-state index >= 15 is 0 Å². The van der Waals surface area contributed by atoms with Crippen molar-refractivity contribution in [3.63, 3.8) is 0 Å². The number of ether oxygens (including phenoxy) is 1. The lowest BCUT2D eigenvalue weighted by Gasteiger charge is -2.38. The van der Waals surface area contributed by atoms with Crippen LogP contribution >= 0.6 is 0 Å². The molecule has 0 saturated carbocycles. The molecule has 0 unspecified atom stereocenters. The van der Waals surface area contributed by atoms with Crippen molar-refractivity contribution in [3.05, 3.63) is 23.8 Å². The Kier molecular flexibility index (Phi) is 6.49. The summed E-state index contributed by atoms with van der Waals surface area (Å²) < 4.78 is 18.6. The van der Waals surface area contributed by atoms with Crippen LogP contribution in [0.1, 0.15) is 66.6 Å². The Morgan fingerprint density at radius 2 is 1.48 bits per heavy atom. The van der Waals surface area contributed by atoms with Crippen LogP contribution in [-0.2, 0) is 4.74 Å². The van der Waals surface area contributed by atoms with E-state index in [1.807, 2.05) is 25.1 Å². The average Bonchev–Trinajstić information content (AvgIpc) is 3.22. The van der Waals surface area contributed by atoms with Gasteiger partial charge in [0.05, 0.1) is 18.3 Å². The van der Waals surface area contributed by atoms with Gasteiger partial charge in [-0.2, -0.15) is 0 Å². The molecule has 1 aliphatic rings. The minimum Gasteiger partial charge on any atom is -0.543 e. The van der Waals surface area contributed by atoms with Gasteiger partial charge in [-0.25, -0.2) is 0 Å². The van der Waals surface area contributed by atoms with Crippen molar-refractivity contribution in [2.75, 3.05) is 6.61 Å². The highest BCUT2D eigenvalue weighted by atomic mass is 28.4. The number of epoxide rings is 1. The molecule has 1 saturated heterocycles. The van der Waals surface area contributed by atoms with Crippen molar-refractivity contribution in [1.29, 1.82) is 0 Å². The van der Waals surface area contributed by atoms with Gasteiger partial charge in [0, 0.05) is 12.0 Å². The normalized spacial score (nSPS) is 21.7. The van der Waals surface area contributed by atoms with Crippen molar-refractivity contribution in [3.8, 4) is 11.5 Å². The smallest absolute Gasteiger partial charge is 0.250 e. The van der Waals surface area contributed by atoms with E-state index in [0.717, 1.165) is 17.1 Å². The molecular formula is C23H42O4Si2. The molecule has 1 aromatic carbocycles. The van der Waals surface area contributed by atoms with Gasteiger partial charge in [0.1, 0.15) is 11.5 Å². The quantitative estimate of drug-likeness (QED) is 0.381. The van der Waals surface area contributed by atoms with Gasteiger partial charge in [-0.1, -0.05) is 41.5 Å². The zero-order valence-electron chi connectivity index (χ0n) is 20.4. The molecule has 2 atom stereocenters. The first-order valence-electron chi connectivity index (χ1n) is 10.7. The molecule has 4 nitrogen and oxygen atoms in total. The molecule has 1 heterocycles. The van der Waals surface area contributed by atoms with Gasteiger partial charge in [-0.3, -0.25) is 0 Å². The summed E-state index contributed by atoms with van der Waals surface area (Å²) in [7, 11) is -4.01. The summed E-state index contributed by atoms with van der Waals surface area (Å²) in [6.45, 7) is 25.0. The first-order valence-corrected chi connectivity index (χ1v) is 16.5. The standard InChI is InChI=1S/C23H42O4Si2/c1-21(2,3)28(8,9)26-17-12-13-20(27-29(10,11)22(4,5)6)18(14-17)19(24)15-23(7)16-25-23/h12-14,19,24H,15-16H2,1-11H3/t19-,23+/m0/s1. The number of hydrogen-bond acceptors (Lipinski definition) is 4. The van der Waals surface area contributed by atoms with Crippen molar-refractivity contribution < 1.29 is 18.7 Å². The third-order valence-electron chi connectivity index (χ3n) is 6.95. The molecule has 0 aromatic heterocycles. The number of hydrogen-bond donors (Lipinski definition) is 1. The second-order valence-electron chi connectivity index (χ2n) is 11.9. The first kappa shape index (κ1) is 24.4. The van der Waals surface area contributed by atoms with E-state index in [-0.39, 0.29) is 15.7 Å². The molecule has 29 heavy (non-hydrogen) atoms. The van der Waals surface area contributed by atoms with Crippen molar-refractivity contribution in [2.24, 2.45) is 0 Å². The fraction of sp³-hybridized carbons (Fsp3) is 0.739. The number of aliphatic hydroxyl groups is 1. The van der Waals surface area contributed by atoms with Crippen LogP contribution in [0.5, 0.6) is 11.5 Å². The molecule has 1 aliphatic heterocycles. The van der Waals surface area contributed by atoms with Gasteiger partial charge in [0.2, 0.25) is 16.6 Å². The lowest BCUT2D eigenvalue weighted by atomic mass is 9.98. The molecule has 2 rings (SSSR count). The van der Waals surface area contributed by atoms with E-state index in [9.17, 15) is 5.11 Å². The Morgan fingerprint density at radius 1 is 1.00 bits per heavy atom. The highest BCUT2D eigenvalue weighted by molar-refractivity contribution is 6.75. The van der Waals surface area contributed by atoms with Crippen LogP contribution in [0.2, 0.25) is 36.3 Å². The second-order valence-corrected chi connectivity index (χ2v) is 21.3. The molecule has 1 N–H and O–H groups in total. The van der Waals surface area contributed by atoms with Crippen LogP contribution in [0.3, 0.4) is 0 Å². The molecule has 166 valence electrons. The van der Waals surface area contributed by atoms with Crippen LogP contribution in [0.4, 0.5) is 0 Å². The van der Waals surface area contributed by atoms with Crippen molar-refractivity contribution in [2.45, 2.75) is 103 Å². The van der Waals surface area contributed by atoms with E-state index < -0.39 is 22.7 Å². The largest absolute Gasteiger partial charge is 0.543 e. The third-order valence-corrected chi connectivity index (χ3v) is 15.7. The third kappa shape index (κ3) is 5.87. The summed E-state index contributed by atoms with van der Waals surface area (Å²) in [5.41, 5.74) is 0.576. The highest BCUT2D eigenvalue weighted by Crippen LogP contribution is 2.44. The molecular weight excluding hydrogens is 396 g/mol. The van der Waals surface area contributed by atoms with Gasteiger partial charge in [-0.05, 0) is 61.4 Å². The fourth-order valence-electron chi connectivity index (χ4n) is 2.58. The fourth-order valence-corrected chi connectivity index (χ4v) is 4.64. The lowest BCUT2D eigenvalue weighted by Crippen LogP contribution is -2.44. The zero-order chi connectivity index (χ0) is 22.5. The minimum atomic E-state index is -2.03. The Hall–Kier alpha value is -0.826. The summed E-state index contributed by atoms with van der Waals surface area (Å²) in [4.78, 5) is 0. The van der Waals surface area contributed by atoms with Crippen LogP contribution in [0, 0.1) is 0 Å². The molecule has 6 heteroatoms. The molecule has 0 bridgehead atoms. The topological polar surface area (TPSA) is 51.2 Å². The minimum absolute atomic E-state index is 0.0805. The van der Waals surface area contributed by atoms with Crippen LogP contribution in [0.25, 0.3) is 0 Å². The summed E-state index contributed by atoms with van der Waals surface area (Å²) in [6.07, 6.45) is -0.0880. The number of rotatable bonds is 7. The predicted molar refractivity (Wildman–Crippen MR) is 126 cm³/mol. The Labute approximate surface area is 180 Å². The van der Waals surface area contributed by atoms with Crippen LogP contribution in [-0.4, -0.2) is 33.9 Å². The van der Waals surface area contributed by atoms with E-state index in [1.54, 1.807) is 0 Å². The number of aliphatic hydroxyl groups excluding tert-OH is 1. The maximum Gasteiger partial charge on any atom is 0.250 e. The lowest BCUT2D eigenvalue weighted by molar-refractivity contribution is 0.129. The van der Waals surface area contributed by atoms with Gasteiger partial charge in [0.25, 0.3) is 0 Å². The monoisotopic (exact) mass is 438 g/mol. The predicted octanol–water partition coefficient (Wildman–Crippen LogP) is 6.67. The van der Waals surface area contributed by atoms with E-state index in [1.165, 1.54) is 0 Å². The van der Waals surface area contributed by atoms with E-state index in [4.69, 9.17) is 13.6 Å². The SMILES string of the molecule is CC(C)(C)[Si](C)(C)Oc1ccc(O[Si](C)(C)C(C)(C)C)c([C@@H](O)C[C@]2(C)CO2)c1. The maximum absolute atomic E-state index is 11.1. The molecule has 0 aliphatic carbocycles. The molecule has 0 amide bonds. The number of benzene rings is 1. The molecule has 0 radical (unpaired) electrons.